The van der Waals surface area contributed by atoms with E-state index in [1.165, 1.54) is 6.08 Å². The largest absolute Gasteiger partial charge is 0.494 e. The Morgan fingerprint density at radius 2 is 1.83 bits per heavy atom. The molecule has 6 heteroatoms. The lowest BCUT2D eigenvalue weighted by atomic mass is 10.1. The molecule has 0 aromatic heterocycles. The summed E-state index contributed by atoms with van der Waals surface area (Å²) in [6.45, 7) is 4.67. The third-order valence-corrected chi connectivity index (χ3v) is 3.99. The number of rotatable bonds is 9. The average Bonchev–Trinajstić information content (AvgIpc) is 2.73. The summed E-state index contributed by atoms with van der Waals surface area (Å²) in [5.74, 6) is -0.404. The summed E-state index contributed by atoms with van der Waals surface area (Å²) in [7, 11) is 0. The third kappa shape index (κ3) is 6.51. The highest BCUT2D eigenvalue weighted by Gasteiger charge is 2.16. The Morgan fingerprint density at radius 3 is 2.48 bits per heavy atom. The maximum atomic E-state index is 12.5. The molecule has 0 atom stereocenters. The molecular formula is C23H24N2O4. The molecule has 2 aromatic carbocycles. The van der Waals surface area contributed by atoms with Crippen LogP contribution in [0.3, 0.4) is 0 Å². The van der Waals surface area contributed by atoms with Crippen molar-refractivity contribution in [3.63, 3.8) is 0 Å². The maximum Gasteiger partial charge on any atom is 0.340 e. The third-order valence-electron chi connectivity index (χ3n) is 3.99. The first-order chi connectivity index (χ1) is 14.1. The molecule has 0 bridgehead atoms. The summed E-state index contributed by atoms with van der Waals surface area (Å²) in [6, 6.07) is 15.5. The number of esters is 1. The Hall–Kier alpha value is -3.59. The van der Waals surface area contributed by atoms with Crippen LogP contribution >= 0.6 is 0 Å². The van der Waals surface area contributed by atoms with Crippen LogP contribution in [0.5, 0.6) is 5.75 Å². The number of benzene rings is 2. The molecule has 0 saturated carbocycles. The zero-order valence-electron chi connectivity index (χ0n) is 16.6. The van der Waals surface area contributed by atoms with E-state index in [-0.39, 0.29) is 23.4 Å². The van der Waals surface area contributed by atoms with Gasteiger partial charge in [-0.05, 0) is 49.2 Å². The molecule has 0 aliphatic heterocycles. The highest BCUT2D eigenvalue weighted by Crippen LogP contribution is 2.19. The van der Waals surface area contributed by atoms with Crippen molar-refractivity contribution in [2.45, 2.75) is 26.7 Å². The van der Waals surface area contributed by atoms with Gasteiger partial charge in [-0.15, -0.1) is 0 Å². The number of nitriles is 1. The molecule has 0 saturated heterocycles. The van der Waals surface area contributed by atoms with Crippen LogP contribution in [0.2, 0.25) is 0 Å². The number of carbonyl (C=O) groups is 2. The van der Waals surface area contributed by atoms with Crippen molar-refractivity contribution in [1.29, 1.82) is 5.26 Å². The fourth-order valence-corrected chi connectivity index (χ4v) is 2.48. The van der Waals surface area contributed by atoms with Crippen molar-refractivity contribution < 1.29 is 19.1 Å². The Labute approximate surface area is 170 Å². The normalized spacial score (nSPS) is 10.7. The summed E-state index contributed by atoms with van der Waals surface area (Å²) in [6.07, 6.45) is 3.52. The SMILES string of the molecule is CCCCOc1ccc(/C=C(\C#N)C(=O)Nc2ccccc2C(=O)OCC)cc1. The first-order valence-corrected chi connectivity index (χ1v) is 9.51. The molecule has 2 rings (SSSR count). The number of nitrogens with one attached hydrogen (secondary N) is 1. The molecule has 29 heavy (non-hydrogen) atoms. The topological polar surface area (TPSA) is 88.4 Å². The van der Waals surface area contributed by atoms with Gasteiger partial charge in [0, 0.05) is 0 Å². The van der Waals surface area contributed by atoms with Gasteiger partial charge >= 0.3 is 5.97 Å². The molecular weight excluding hydrogens is 368 g/mol. The number of hydrogen-bond donors (Lipinski definition) is 1. The zero-order chi connectivity index (χ0) is 21.1. The predicted molar refractivity (Wildman–Crippen MR) is 111 cm³/mol. The number of nitrogens with zero attached hydrogens (tertiary/aromatic N) is 1. The minimum atomic E-state index is -0.604. The standard InChI is InChI=1S/C23H24N2O4/c1-3-5-14-29-19-12-10-17(11-13-19)15-18(16-24)22(26)25-21-9-7-6-8-20(21)23(27)28-4-2/h6-13,15H,3-5,14H2,1-2H3,(H,25,26)/b18-15+. The van der Waals surface area contributed by atoms with Crippen LogP contribution in [0.15, 0.2) is 54.1 Å². The Bertz CT molecular complexity index is 911. The van der Waals surface area contributed by atoms with E-state index >= 15 is 0 Å². The van der Waals surface area contributed by atoms with E-state index in [2.05, 4.69) is 12.2 Å². The smallest absolute Gasteiger partial charge is 0.340 e. The van der Waals surface area contributed by atoms with E-state index in [9.17, 15) is 14.9 Å². The highest BCUT2D eigenvalue weighted by molar-refractivity contribution is 6.12. The monoisotopic (exact) mass is 392 g/mol. The lowest BCUT2D eigenvalue weighted by Gasteiger charge is -2.10. The highest BCUT2D eigenvalue weighted by atomic mass is 16.5. The van der Waals surface area contributed by atoms with Crippen LogP contribution in [0.1, 0.15) is 42.6 Å². The molecule has 6 nitrogen and oxygen atoms in total. The predicted octanol–water partition coefficient (Wildman–Crippen LogP) is 4.59. The minimum absolute atomic E-state index is 0.0803. The van der Waals surface area contributed by atoms with Crippen LogP contribution < -0.4 is 10.1 Å². The minimum Gasteiger partial charge on any atom is -0.494 e. The molecule has 0 unspecified atom stereocenters. The lowest BCUT2D eigenvalue weighted by molar-refractivity contribution is -0.112. The van der Waals surface area contributed by atoms with Gasteiger partial charge in [0.15, 0.2) is 0 Å². The van der Waals surface area contributed by atoms with Crippen LogP contribution in [-0.4, -0.2) is 25.1 Å². The molecule has 0 radical (unpaired) electrons. The van der Waals surface area contributed by atoms with Gasteiger partial charge in [0.05, 0.1) is 24.5 Å². The molecule has 150 valence electrons. The molecule has 0 spiro atoms. The Balaban J connectivity index is 2.13. The second-order valence-corrected chi connectivity index (χ2v) is 6.16. The fourth-order valence-electron chi connectivity index (χ4n) is 2.48. The molecule has 0 aliphatic carbocycles. The van der Waals surface area contributed by atoms with Gasteiger partial charge in [-0.3, -0.25) is 4.79 Å². The van der Waals surface area contributed by atoms with E-state index < -0.39 is 11.9 Å². The zero-order valence-corrected chi connectivity index (χ0v) is 16.6. The van der Waals surface area contributed by atoms with Crippen LogP contribution in [0, 0.1) is 11.3 Å². The van der Waals surface area contributed by atoms with Crippen molar-refractivity contribution in [3.05, 3.63) is 65.2 Å². The van der Waals surface area contributed by atoms with E-state index in [1.807, 2.05) is 6.07 Å². The van der Waals surface area contributed by atoms with Gasteiger partial charge in [0.2, 0.25) is 0 Å². The van der Waals surface area contributed by atoms with Crippen molar-refractivity contribution in [2.75, 3.05) is 18.5 Å². The average molecular weight is 392 g/mol. The molecule has 0 fully saturated rings. The second kappa shape index (κ2) is 11.3. The van der Waals surface area contributed by atoms with Gasteiger partial charge in [-0.1, -0.05) is 37.6 Å². The molecule has 2 aromatic rings. The van der Waals surface area contributed by atoms with Gasteiger partial charge < -0.3 is 14.8 Å². The molecule has 1 N–H and O–H groups in total. The van der Waals surface area contributed by atoms with Gasteiger partial charge in [-0.2, -0.15) is 5.26 Å². The number of hydrogen-bond acceptors (Lipinski definition) is 5. The van der Waals surface area contributed by atoms with Crippen molar-refractivity contribution >= 4 is 23.6 Å². The van der Waals surface area contributed by atoms with E-state index in [1.54, 1.807) is 55.5 Å². The number of para-hydroxylation sites is 1. The molecule has 0 heterocycles. The van der Waals surface area contributed by atoms with Gasteiger partial charge in [-0.25, -0.2) is 4.79 Å². The summed E-state index contributed by atoms with van der Waals surface area (Å²) >= 11 is 0. The van der Waals surface area contributed by atoms with E-state index in [4.69, 9.17) is 9.47 Å². The lowest BCUT2D eigenvalue weighted by Crippen LogP contribution is -2.17. The molecule has 1 amide bonds. The number of anilines is 1. The van der Waals surface area contributed by atoms with Gasteiger partial charge in [0.1, 0.15) is 17.4 Å². The summed E-state index contributed by atoms with van der Waals surface area (Å²) in [5.41, 5.74) is 1.13. The maximum absolute atomic E-state index is 12.5. The number of unbranched alkanes of at least 4 members (excludes halogenated alkanes) is 1. The first-order valence-electron chi connectivity index (χ1n) is 9.51. The number of amides is 1. The Kier molecular flexibility index (Phi) is 8.46. The Morgan fingerprint density at radius 1 is 1.10 bits per heavy atom. The summed E-state index contributed by atoms with van der Waals surface area (Å²) in [4.78, 5) is 24.6. The first kappa shape index (κ1) is 21.7. The van der Waals surface area contributed by atoms with Crippen molar-refractivity contribution in [2.24, 2.45) is 0 Å². The van der Waals surface area contributed by atoms with Gasteiger partial charge in [0.25, 0.3) is 5.91 Å². The van der Waals surface area contributed by atoms with Crippen LogP contribution in [0.25, 0.3) is 6.08 Å². The number of carbonyl (C=O) groups excluding carboxylic acids is 2. The quantitative estimate of drug-likeness (QED) is 0.292. The number of ether oxygens (including phenoxy) is 2. The summed E-state index contributed by atoms with van der Waals surface area (Å²) in [5, 5.41) is 12.0. The van der Waals surface area contributed by atoms with Crippen molar-refractivity contribution in [1.82, 2.24) is 0 Å². The van der Waals surface area contributed by atoms with E-state index in [0.717, 1.165) is 18.6 Å². The fraction of sp³-hybridized carbons (Fsp3) is 0.261. The molecule has 0 aliphatic rings. The van der Waals surface area contributed by atoms with E-state index in [0.29, 0.717) is 12.2 Å². The second-order valence-electron chi connectivity index (χ2n) is 6.16. The van der Waals surface area contributed by atoms with Crippen LogP contribution in [0.4, 0.5) is 5.69 Å². The summed E-state index contributed by atoms with van der Waals surface area (Å²) < 4.78 is 10.6. The van der Waals surface area contributed by atoms with Crippen LogP contribution in [-0.2, 0) is 9.53 Å². The van der Waals surface area contributed by atoms with Crippen molar-refractivity contribution in [3.8, 4) is 11.8 Å².